The lowest BCUT2D eigenvalue weighted by molar-refractivity contribution is 0.181. The highest BCUT2D eigenvalue weighted by Gasteiger charge is 2.26. The molecular formula is C22H31IN4S. The third-order valence-corrected chi connectivity index (χ3v) is 6.65. The summed E-state index contributed by atoms with van der Waals surface area (Å²) >= 11 is 1.90. The molecule has 0 aliphatic carbocycles. The summed E-state index contributed by atoms with van der Waals surface area (Å²) in [6, 6.07) is 11.9. The van der Waals surface area contributed by atoms with Gasteiger partial charge in [0.05, 0.1) is 6.04 Å². The fraction of sp³-hybridized carbons (Fsp3) is 0.500. The molecule has 2 aliphatic rings. The van der Waals surface area contributed by atoms with Crippen molar-refractivity contribution in [1.82, 2.24) is 15.5 Å². The van der Waals surface area contributed by atoms with Crippen LogP contribution in [0.3, 0.4) is 0 Å². The molecule has 0 amide bonds. The molecule has 0 saturated carbocycles. The van der Waals surface area contributed by atoms with E-state index in [0.717, 1.165) is 51.5 Å². The molecule has 152 valence electrons. The fourth-order valence-electron chi connectivity index (χ4n) is 3.94. The number of benzene rings is 1. The van der Waals surface area contributed by atoms with Gasteiger partial charge in [-0.15, -0.1) is 35.3 Å². The Balaban J connectivity index is 0.00000225. The quantitative estimate of drug-likeness (QED) is 0.581. The number of guanidine groups is 1. The minimum absolute atomic E-state index is 0. The Labute approximate surface area is 189 Å². The lowest BCUT2D eigenvalue weighted by atomic mass is 9.97. The van der Waals surface area contributed by atoms with E-state index in [-0.39, 0.29) is 24.0 Å². The summed E-state index contributed by atoms with van der Waals surface area (Å²) in [6.45, 7) is 9.48. The first-order valence-electron chi connectivity index (χ1n) is 10.1. The van der Waals surface area contributed by atoms with Crippen molar-refractivity contribution in [1.29, 1.82) is 0 Å². The van der Waals surface area contributed by atoms with Gasteiger partial charge in [-0.3, -0.25) is 9.89 Å². The number of halogens is 1. The fourth-order valence-corrected chi connectivity index (χ4v) is 4.83. The van der Waals surface area contributed by atoms with Crippen molar-refractivity contribution in [2.24, 2.45) is 4.99 Å². The van der Waals surface area contributed by atoms with E-state index in [2.05, 4.69) is 70.1 Å². The molecular weight excluding hydrogens is 479 g/mol. The Kier molecular flexibility index (Phi) is 7.77. The topological polar surface area (TPSA) is 39.7 Å². The third kappa shape index (κ3) is 5.07. The summed E-state index contributed by atoms with van der Waals surface area (Å²) in [5.41, 5.74) is 4.30. The van der Waals surface area contributed by atoms with Gasteiger partial charge in [-0.1, -0.05) is 38.1 Å². The molecule has 2 aliphatic heterocycles. The number of fused-ring (bicyclic) bond motifs is 1. The highest BCUT2D eigenvalue weighted by molar-refractivity contribution is 14.0. The van der Waals surface area contributed by atoms with Crippen molar-refractivity contribution in [2.75, 3.05) is 26.2 Å². The molecule has 4 nitrogen and oxygen atoms in total. The number of nitrogens with one attached hydrogen (secondary N) is 2. The van der Waals surface area contributed by atoms with Crippen LogP contribution in [0.25, 0.3) is 0 Å². The Morgan fingerprint density at radius 3 is 2.68 bits per heavy atom. The van der Waals surface area contributed by atoms with Gasteiger partial charge in [-0.05, 0) is 46.9 Å². The van der Waals surface area contributed by atoms with Crippen molar-refractivity contribution >= 4 is 41.3 Å². The molecule has 4 rings (SSSR count). The lowest BCUT2D eigenvalue weighted by Gasteiger charge is -2.35. The first-order valence-corrected chi connectivity index (χ1v) is 11.0. The normalized spacial score (nSPS) is 17.9. The van der Waals surface area contributed by atoms with Gasteiger partial charge in [-0.2, -0.15) is 0 Å². The van der Waals surface area contributed by atoms with Gasteiger partial charge in [0, 0.05) is 37.6 Å². The molecule has 1 atom stereocenters. The van der Waals surface area contributed by atoms with Crippen LogP contribution in [0.4, 0.5) is 0 Å². The van der Waals surface area contributed by atoms with Crippen LogP contribution in [-0.2, 0) is 13.0 Å². The minimum atomic E-state index is 0. The van der Waals surface area contributed by atoms with Crippen LogP contribution in [0.15, 0.2) is 40.7 Å². The van der Waals surface area contributed by atoms with Gasteiger partial charge in [-0.25, -0.2) is 0 Å². The molecule has 0 spiro atoms. The summed E-state index contributed by atoms with van der Waals surface area (Å²) < 4.78 is 0. The molecule has 6 heteroatoms. The predicted molar refractivity (Wildman–Crippen MR) is 130 cm³/mol. The number of aliphatic imine (C=N–C) groups is 1. The molecule has 2 N–H and O–H groups in total. The second kappa shape index (κ2) is 10.1. The van der Waals surface area contributed by atoms with Crippen molar-refractivity contribution < 1.29 is 0 Å². The summed E-state index contributed by atoms with van der Waals surface area (Å²) in [5.74, 6) is 1.53. The van der Waals surface area contributed by atoms with Gasteiger partial charge in [0.1, 0.15) is 0 Å². The van der Waals surface area contributed by atoms with Crippen molar-refractivity contribution in [3.05, 3.63) is 57.3 Å². The van der Waals surface area contributed by atoms with Crippen LogP contribution < -0.4 is 10.6 Å². The smallest absolute Gasteiger partial charge is 0.191 e. The van der Waals surface area contributed by atoms with Crippen LogP contribution >= 0.6 is 35.3 Å². The minimum Gasteiger partial charge on any atom is -0.356 e. The predicted octanol–water partition coefficient (Wildman–Crippen LogP) is 4.53. The molecule has 0 bridgehead atoms. The first-order chi connectivity index (χ1) is 13.2. The zero-order valence-electron chi connectivity index (χ0n) is 16.8. The van der Waals surface area contributed by atoms with Crippen LogP contribution in [0, 0.1) is 0 Å². The summed E-state index contributed by atoms with van der Waals surface area (Å²) in [7, 11) is 0. The van der Waals surface area contributed by atoms with E-state index in [1.165, 1.54) is 16.7 Å². The van der Waals surface area contributed by atoms with Crippen molar-refractivity contribution in [2.45, 2.75) is 45.2 Å². The standard InChI is InChI=1S/C22H30N4S.HI/c1-16(2)17-4-6-18(7-5-17)20(14-25-22-23-10-3-11-24-22)26-12-8-21-19(15-26)9-13-27-21;/h4-7,9,13,16,20H,3,8,10-12,14-15H2,1-2H3,(H2,23,24,25);1H. The Hall–Kier alpha value is -1.12. The van der Waals surface area contributed by atoms with Gasteiger partial charge in [0.2, 0.25) is 0 Å². The molecule has 2 aromatic rings. The van der Waals surface area contributed by atoms with E-state index in [9.17, 15) is 0 Å². The van der Waals surface area contributed by atoms with E-state index >= 15 is 0 Å². The largest absolute Gasteiger partial charge is 0.356 e. The van der Waals surface area contributed by atoms with Crippen LogP contribution in [0.1, 0.15) is 53.8 Å². The molecule has 1 aromatic heterocycles. The van der Waals surface area contributed by atoms with Gasteiger partial charge >= 0.3 is 0 Å². The number of nitrogens with zero attached hydrogens (tertiary/aromatic N) is 2. The zero-order valence-corrected chi connectivity index (χ0v) is 19.9. The van der Waals surface area contributed by atoms with E-state index in [0.29, 0.717) is 12.0 Å². The third-order valence-electron chi connectivity index (χ3n) is 5.63. The maximum absolute atomic E-state index is 4.58. The van der Waals surface area contributed by atoms with Gasteiger partial charge < -0.3 is 10.6 Å². The monoisotopic (exact) mass is 510 g/mol. The van der Waals surface area contributed by atoms with Crippen LogP contribution in [-0.4, -0.2) is 37.0 Å². The number of thiophene rings is 1. The molecule has 0 fully saturated rings. The second-order valence-electron chi connectivity index (χ2n) is 7.82. The maximum atomic E-state index is 4.58. The molecule has 3 heterocycles. The Morgan fingerprint density at radius 1 is 1.18 bits per heavy atom. The highest BCUT2D eigenvalue weighted by Crippen LogP contribution is 2.30. The van der Waals surface area contributed by atoms with Crippen molar-refractivity contribution in [3.8, 4) is 0 Å². The van der Waals surface area contributed by atoms with E-state index in [1.54, 1.807) is 4.88 Å². The number of hydrogen-bond donors (Lipinski definition) is 2. The highest BCUT2D eigenvalue weighted by atomic mass is 127. The second-order valence-corrected chi connectivity index (χ2v) is 8.82. The van der Waals surface area contributed by atoms with E-state index in [4.69, 9.17) is 0 Å². The Morgan fingerprint density at radius 2 is 1.96 bits per heavy atom. The average molecular weight is 510 g/mol. The lowest BCUT2D eigenvalue weighted by Crippen LogP contribution is -2.45. The first kappa shape index (κ1) is 21.6. The van der Waals surface area contributed by atoms with Crippen LogP contribution in [0.5, 0.6) is 0 Å². The molecule has 1 aromatic carbocycles. The number of hydrogen-bond acceptors (Lipinski definition) is 5. The summed E-state index contributed by atoms with van der Waals surface area (Å²) in [6.07, 6.45) is 2.28. The number of rotatable bonds is 5. The van der Waals surface area contributed by atoms with Gasteiger partial charge in [0.25, 0.3) is 0 Å². The summed E-state index contributed by atoms with van der Waals surface area (Å²) in [4.78, 5) is 8.77. The SMILES string of the molecule is CC(C)c1ccc(C(CNC2=NCCCN2)N2CCc3sccc3C2)cc1.I. The molecule has 0 radical (unpaired) electrons. The van der Waals surface area contributed by atoms with Crippen LogP contribution in [0.2, 0.25) is 0 Å². The molecule has 28 heavy (non-hydrogen) atoms. The zero-order chi connectivity index (χ0) is 18.6. The molecule has 0 saturated heterocycles. The van der Waals surface area contributed by atoms with Crippen molar-refractivity contribution in [3.63, 3.8) is 0 Å². The summed E-state index contributed by atoms with van der Waals surface area (Å²) in [5, 5.41) is 9.19. The van der Waals surface area contributed by atoms with Gasteiger partial charge in [0.15, 0.2) is 5.96 Å². The van der Waals surface area contributed by atoms with E-state index in [1.807, 2.05) is 11.3 Å². The molecule has 1 unspecified atom stereocenters. The maximum Gasteiger partial charge on any atom is 0.191 e. The van der Waals surface area contributed by atoms with E-state index < -0.39 is 0 Å². The Bertz CT molecular complexity index is 784. The average Bonchev–Trinajstić information content (AvgIpc) is 3.17.